The van der Waals surface area contributed by atoms with E-state index in [2.05, 4.69) is 15.3 Å². The van der Waals surface area contributed by atoms with Crippen molar-refractivity contribution in [3.05, 3.63) is 50.9 Å². The fraction of sp³-hybridized carbons (Fsp3) is 0.350. The minimum absolute atomic E-state index is 0.00584. The van der Waals surface area contributed by atoms with E-state index in [-0.39, 0.29) is 17.1 Å². The number of Topliss-reactive ketones (excluding diaryl/α,β-unsaturated/α-hetero) is 1. The first kappa shape index (κ1) is 18.6. The molecule has 0 saturated carbocycles. The van der Waals surface area contributed by atoms with Gasteiger partial charge in [0.15, 0.2) is 22.4 Å². The van der Waals surface area contributed by atoms with Gasteiger partial charge in [0.1, 0.15) is 5.82 Å². The number of aromatic nitrogens is 2. The normalized spacial score (nSPS) is 18.4. The summed E-state index contributed by atoms with van der Waals surface area (Å²) < 4.78 is 5.24. The van der Waals surface area contributed by atoms with Crippen molar-refractivity contribution in [1.82, 2.24) is 9.97 Å². The van der Waals surface area contributed by atoms with E-state index in [9.17, 15) is 14.7 Å². The minimum atomic E-state index is -0.550. The number of H-pyrrole nitrogens is 1. The first-order valence-corrected chi connectivity index (χ1v) is 10.2. The highest BCUT2D eigenvalue weighted by Gasteiger charge is 2.38. The molecule has 0 amide bonds. The highest BCUT2D eigenvalue weighted by molar-refractivity contribution is 7.99. The second-order valence-electron chi connectivity index (χ2n) is 6.72. The summed E-state index contributed by atoms with van der Waals surface area (Å²) in [6, 6.07) is 4.92. The minimum Gasteiger partial charge on any atom is -0.504 e. The number of methoxy groups -OCH3 is 1. The average molecular weight is 399 g/mol. The SMILES string of the molecule is CCSc1nc2c(c(=O)[nH]1)[C@H](c1ccc(O)c(OC)c1)C1=C(CCCC1=O)N2. The number of anilines is 1. The van der Waals surface area contributed by atoms with Crippen LogP contribution in [-0.4, -0.2) is 33.7 Å². The van der Waals surface area contributed by atoms with Gasteiger partial charge in [0.2, 0.25) is 0 Å². The summed E-state index contributed by atoms with van der Waals surface area (Å²) in [4.78, 5) is 33.2. The second kappa shape index (κ2) is 7.35. The zero-order chi connectivity index (χ0) is 19.8. The van der Waals surface area contributed by atoms with Crippen LogP contribution in [0.4, 0.5) is 5.82 Å². The van der Waals surface area contributed by atoms with Gasteiger partial charge >= 0.3 is 0 Å². The lowest BCUT2D eigenvalue weighted by Gasteiger charge is -2.32. The molecule has 0 unspecified atom stereocenters. The van der Waals surface area contributed by atoms with Crippen LogP contribution < -0.4 is 15.6 Å². The van der Waals surface area contributed by atoms with Gasteiger partial charge in [-0.1, -0.05) is 24.8 Å². The van der Waals surface area contributed by atoms with Crippen molar-refractivity contribution < 1.29 is 14.6 Å². The summed E-state index contributed by atoms with van der Waals surface area (Å²) in [5.74, 6) is 1.06. The highest BCUT2D eigenvalue weighted by atomic mass is 32.2. The van der Waals surface area contributed by atoms with Crippen LogP contribution in [0, 0.1) is 0 Å². The van der Waals surface area contributed by atoms with Crippen molar-refractivity contribution >= 4 is 23.4 Å². The zero-order valence-corrected chi connectivity index (χ0v) is 16.5. The molecule has 3 N–H and O–H groups in total. The Labute approximate surface area is 166 Å². The average Bonchev–Trinajstić information content (AvgIpc) is 2.67. The van der Waals surface area contributed by atoms with Gasteiger partial charge in [0.25, 0.3) is 5.56 Å². The Kier molecular flexibility index (Phi) is 4.89. The molecule has 0 fully saturated rings. The first-order valence-electron chi connectivity index (χ1n) is 9.20. The van der Waals surface area contributed by atoms with Crippen molar-refractivity contribution in [3.63, 3.8) is 0 Å². The Morgan fingerprint density at radius 2 is 2.14 bits per heavy atom. The van der Waals surface area contributed by atoms with Gasteiger partial charge < -0.3 is 20.1 Å². The summed E-state index contributed by atoms with van der Waals surface area (Å²) >= 11 is 1.45. The van der Waals surface area contributed by atoms with E-state index >= 15 is 0 Å². The van der Waals surface area contributed by atoms with E-state index in [0.717, 1.165) is 24.3 Å². The number of aromatic hydroxyl groups is 1. The van der Waals surface area contributed by atoms with Gasteiger partial charge in [-0.15, -0.1) is 0 Å². The Balaban J connectivity index is 1.95. The highest BCUT2D eigenvalue weighted by Crippen LogP contribution is 2.44. The van der Waals surface area contributed by atoms with Crippen molar-refractivity contribution in [2.75, 3.05) is 18.2 Å². The van der Waals surface area contributed by atoms with Crippen molar-refractivity contribution in [3.8, 4) is 11.5 Å². The quantitative estimate of drug-likeness (QED) is 0.536. The fourth-order valence-electron chi connectivity index (χ4n) is 3.85. The number of hydrogen-bond acceptors (Lipinski definition) is 7. The number of nitrogens with zero attached hydrogens (tertiary/aromatic N) is 1. The third-order valence-corrected chi connectivity index (χ3v) is 5.81. The Hall–Kier alpha value is -2.74. The number of ether oxygens (including phenoxy) is 1. The Morgan fingerprint density at radius 3 is 2.89 bits per heavy atom. The molecular weight excluding hydrogens is 378 g/mol. The van der Waals surface area contributed by atoms with Crippen LogP contribution >= 0.6 is 11.8 Å². The predicted octanol–water partition coefficient (Wildman–Crippen LogP) is 3.16. The lowest BCUT2D eigenvalue weighted by Crippen LogP contribution is -2.32. The van der Waals surface area contributed by atoms with E-state index in [1.807, 2.05) is 6.92 Å². The smallest absolute Gasteiger partial charge is 0.257 e. The van der Waals surface area contributed by atoms with Crippen LogP contribution in [-0.2, 0) is 4.79 Å². The summed E-state index contributed by atoms with van der Waals surface area (Å²) in [5.41, 5.74) is 2.29. The maximum Gasteiger partial charge on any atom is 0.257 e. The largest absolute Gasteiger partial charge is 0.504 e. The van der Waals surface area contributed by atoms with E-state index < -0.39 is 5.92 Å². The van der Waals surface area contributed by atoms with E-state index in [1.165, 1.54) is 24.9 Å². The number of benzene rings is 1. The van der Waals surface area contributed by atoms with E-state index in [0.29, 0.717) is 39.8 Å². The third kappa shape index (κ3) is 3.07. The van der Waals surface area contributed by atoms with Gasteiger partial charge in [-0.3, -0.25) is 9.59 Å². The number of ketones is 1. The van der Waals surface area contributed by atoms with Gasteiger partial charge in [-0.05, 0) is 36.3 Å². The van der Waals surface area contributed by atoms with Crippen LogP contribution in [0.15, 0.2) is 39.4 Å². The summed E-state index contributed by atoms with van der Waals surface area (Å²) in [5, 5.41) is 13.8. The van der Waals surface area contributed by atoms with Crippen molar-refractivity contribution in [2.45, 2.75) is 37.3 Å². The molecule has 1 atom stereocenters. The fourth-order valence-corrected chi connectivity index (χ4v) is 4.45. The van der Waals surface area contributed by atoms with Gasteiger partial charge in [-0.25, -0.2) is 4.98 Å². The molecule has 1 aliphatic heterocycles. The molecule has 2 aliphatic rings. The number of hydrogen-bond donors (Lipinski definition) is 3. The number of aromatic amines is 1. The molecule has 2 heterocycles. The number of thioether (sulfide) groups is 1. The monoisotopic (exact) mass is 399 g/mol. The zero-order valence-electron chi connectivity index (χ0n) is 15.7. The molecule has 1 aromatic carbocycles. The molecule has 2 aromatic rings. The topological polar surface area (TPSA) is 104 Å². The van der Waals surface area contributed by atoms with Crippen LogP contribution in [0.25, 0.3) is 0 Å². The first-order chi connectivity index (χ1) is 13.5. The van der Waals surface area contributed by atoms with E-state index in [4.69, 9.17) is 4.74 Å². The molecule has 0 radical (unpaired) electrons. The number of rotatable bonds is 4. The number of carbonyl (C=O) groups excluding carboxylic acids is 1. The molecule has 28 heavy (non-hydrogen) atoms. The molecule has 7 nitrogen and oxygen atoms in total. The molecule has 1 aliphatic carbocycles. The third-order valence-electron chi connectivity index (χ3n) is 5.05. The molecule has 0 saturated heterocycles. The molecule has 146 valence electrons. The van der Waals surface area contributed by atoms with E-state index in [1.54, 1.807) is 12.1 Å². The van der Waals surface area contributed by atoms with Gasteiger partial charge in [0, 0.05) is 23.6 Å². The number of nitrogens with one attached hydrogen (secondary N) is 2. The molecule has 8 heteroatoms. The number of phenolic OH excluding ortho intramolecular Hbond substituents is 1. The van der Waals surface area contributed by atoms with Crippen molar-refractivity contribution in [2.24, 2.45) is 0 Å². The maximum atomic E-state index is 13.0. The Bertz CT molecular complexity index is 1040. The Morgan fingerprint density at radius 1 is 1.32 bits per heavy atom. The number of allylic oxidation sites excluding steroid dienone is 2. The standard InChI is InChI=1S/C20H21N3O4S/c1-3-28-20-22-18-17(19(26)23-20)15(10-7-8-12(24)14(9-10)27-2)16-11(21-18)5-4-6-13(16)25/h7-9,15,24H,3-6H2,1-2H3,(H2,21,22,23,26)/t15-/m1/s1. The predicted molar refractivity (Wildman–Crippen MR) is 107 cm³/mol. The molecule has 4 rings (SSSR count). The molecular formula is C20H21N3O4S. The lowest BCUT2D eigenvalue weighted by molar-refractivity contribution is -0.116. The molecule has 0 spiro atoms. The second-order valence-corrected chi connectivity index (χ2v) is 7.98. The molecule has 0 bridgehead atoms. The van der Waals surface area contributed by atoms with Crippen LogP contribution in [0.1, 0.15) is 43.2 Å². The lowest BCUT2D eigenvalue weighted by atomic mass is 9.76. The van der Waals surface area contributed by atoms with Gasteiger partial charge in [0.05, 0.1) is 12.7 Å². The number of carbonyl (C=O) groups is 1. The van der Waals surface area contributed by atoms with Crippen molar-refractivity contribution in [1.29, 1.82) is 0 Å². The molecule has 1 aromatic heterocycles. The number of fused-ring (bicyclic) bond motifs is 1. The summed E-state index contributed by atoms with van der Waals surface area (Å²) in [7, 11) is 1.47. The van der Waals surface area contributed by atoms with Crippen LogP contribution in [0.3, 0.4) is 0 Å². The van der Waals surface area contributed by atoms with Gasteiger partial charge in [-0.2, -0.15) is 0 Å². The number of phenols is 1. The maximum absolute atomic E-state index is 13.0. The summed E-state index contributed by atoms with van der Waals surface area (Å²) in [6.45, 7) is 1.99. The van der Waals surface area contributed by atoms with Crippen LogP contribution in [0.2, 0.25) is 0 Å². The summed E-state index contributed by atoms with van der Waals surface area (Å²) in [6.07, 6.45) is 1.96. The van der Waals surface area contributed by atoms with Crippen LogP contribution in [0.5, 0.6) is 11.5 Å².